The first-order valence-electron chi connectivity index (χ1n) is 12.4. The van der Waals surface area contributed by atoms with Crippen LogP contribution in [0.5, 0.6) is 0 Å². The van der Waals surface area contributed by atoms with Gasteiger partial charge in [-0.25, -0.2) is 4.79 Å². The molecule has 3 amide bonds. The van der Waals surface area contributed by atoms with Crippen molar-refractivity contribution in [2.75, 3.05) is 18.4 Å². The molecule has 9 heteroatoms. The van der Waals surface area contributed by atoms with Gasteiger partial charge in [-0.2, -0.15) is 0 Å². The van der Waals surface area contributed by atoms with Crippen LogP contribution in [0.15, 0.2) is 59.4 Å². The summed E-state index contributed by atoms with van der Waals surface area (Å²) in [5.74, 6) is -0.298. The number of hydrogen-bond acceptors (Lipinski definition) is 5. The quantitative estimate of drug-likeness (QED) is 0.417. The first kappa shape index (κ1) is 27.7. The number of carbonyl (C=O) groups excluding carboxylic acids is 3. The van der Waals surface area contributed by atoms with Crippen LogP contribution >= 0.6 is 0 Å². The molecule has 1 unspecified atom stereocenters. The van der Waals surface area contributed by atoms with Gasteiger partial charge in [-0.1, -0.05) is 42.5 Å². The highest BCUT2D eigenvalue weighted by molar-refractivity contribution is 5.90. The van der Waals surface area contributed by atoms with Crippen LogP contribution in [0, 0.1) is 6.92 Å². The van der Waals surface area contributed by atoms with Crippen LogP contribution < -0.4 is 16.2 Å². The zero-order valence-electron chi connectivity index (χ0n) is 22.0. The van der Waals surface area contributed by atoms with Gasteiger partial charge in [0.2, 0.25) is 12.3 Å². The van der Waals surface area contributed by atoms with E-state index in [1.165, 1.54) is 9.47 Å². The number of likely N-dealkylation sites (tertiary alicyclic amines) is 1. The van der Waals surface area contributed by atoms with Crippen molar-refractivity contribution in [1.29, 1.82) is 0 Å². The Balaban J connectivity index is 2.01. The minimum absolute atomic E-state index is 0.0408. The molecule has 0 aliphatic carbocycles. The summed E-state index contributed by atoms with van der Waals surface area (Å²) < 4.78 is 7.14. The molecule has 37 heavy (non-hydrogen) atoms. The smallest absolute Gasteiger partial charge is 0.412 e. The van der Waals surface area contributed by atoms with Gasteiger partial charge in [0.05, 0.1) is 6.54 Å². The summed E-state index contributed by atoms with van der Waals surface area (Å²) >= 11 is 0. The number of aryl methyl sites for hydroxylation is 2. The van der Waals surface area contributed by atoms with Crippen LogP contribution in [0.3, 0.4) is 0 Å². The highest BCUT2D eigenvalue weighted by Gasteiger charge is 2.47. The van der Waals surface area contributed by atoms with Crippen LogP contribution in [-0.4, -0.2) is 46.6 Å². The van der Waals surface area contributed by atoms with Crippen LogP contribution in [0.2, 0.25) is 0 Å². The average Bonchev–Trinajstić information content (AvgIpc) is 2.83. The summed E-state index contributed by atoms with van der Waals surface area (Å²) in [5, 5.41) is 5.40. The average molecular weight is 509 g/mol. The number of hydrogen-bond donors (Lipinski definition) is 2. The number of amides is 3. The largest absolute Gasteiger partial charge is 0.444 e. The minimum atomic E-state index is -1.30. The second-order valence-electron chi connectivity index (χ2n) is 10.4. The van der Waals surface area contributed by atoms with Crippen LogP contribution in [0.25, 0.3) is 0 Å². The molecule has 9 nitrogen and oxygen atoms in total. The number of nitrogens with one attached hydrogen (secondary N) is 2. The number of ether oxygens (including phenoxy) is 1. The summed E-state index contributed by atoms with van der Waals surface area (Å²) in [5.41, 5.74) is -0.0431. The molecule has 2 heterocycles. The Kier molecular flexibility index (Phi) is 8.57. The summed E-state index contributed by atoms with van der Waals surface area (Å²) in [6, 6.07) is 12.9. The number of anilines is 1. The lowest BCUT2D eigenvalue weighted by Gasteiger charge is -2.49. The molecule has 1 aromatic heterocycles. The lowest BCUT2D eigenvalue weighted by molar-refractivity contribution is -0.116. The number of piperidine rings is 1. The lowest BCUT2D eigenvalue weighted by Crippen LogP contribution is -2.64. The normalized spacial score (nSPS) is 17.7. The second-order valence-corrected chi connectivity index (χ2v) is 10.4. The molecule has 0 spiro atoms. The van der Waals surface area contributed by atoms with Gasteiger partial charge in [-0.05, 0) is 58.2 Å². The van der Waals surface area contributed by atoms with Crippen LogP contribution in [0.4, 0.5) is 10.5 Å². The molecule has 1 aromatic carbocycles. The van der Waals surface area contributed by atoms with Crippen LogP contribution in [-0.2, 0) is 26.4 Å². The standard InChI is InChI=1S/C28H36N4O5/c1-20-15-16-31(26(36)37-27(3,4)5)28(17-20,18-29-19-33)32-21(2)11-13-23(25(32)35)30-24(34)14-12-22-9-7-6-8-10-22/h6-11,13,19H,1,12,14-18H2,2-5H3,(H,29,33)(H,30,34). The SMILES string of the molecule is C=C1CCN(C(=O)OC(C)(C)C)C(CNC=O)(n2c(C)ccc(NC(=O)CCc3ccccc3)c2=O)C1. The molecule has 0 bridgehead atoms. The van der Waals surface area contributed by atoms with E-state index in [1.54, 1.807) is 39.8 Å². The Bertz CT molecular complexity index is 1220. The van der Waals surface area contributed by atoms with Crippen molar-refractivity contribution >= 4 is 24.1 Å². The second kappa shape index (κ2) is 11.5. The van der Waals surface area contributed by atoms with Gasteiger partial charge < -0.3 is 15.4 Å². The van der Waals surface area contributed by atoms with Gasteiger partial charge in [0.1, 0.15) is 17.0 Å². The van der Waals surface area contributed by atoms with Crippen molar-refractivity contribution in [3.8, 4) is 0 Å². The summed E-state index contributed by atoms with van der Waals surface area (Å²) in [6.07, 6.45) is 1.44. The predicted molar refractivity (Wildman–Crippen MR) is 142 cm³/mol. The van der Waals surface area contributed by atoms with Gasteiger partial charge in [0, 0.05) is 25.1 Å². The van der Waals surface area contributed by atoms with Gasteiger partial charge in [0.15, 0.2) is 0 Å². The summed E-state index contributed by atoms with van der Waals surface area (Å²) in [6.45, 7) is 11.4. The van der Waals surface area contributed by atoms with Crippen LogP contribution in [0.1, 0.15) is 51.3 Å². The molecule has 3 rings (SSSR count). The van der Waals surface area contributed by atoms with Crippen molar-refractivity contribution in [2.45, 2.75) is 64.6 Å². The third-order valence-corrected chi connectivity index (χ3v) is 6.26. The van der Waals surface area contributed by atoms with E-state index in [0.717, 1.165) is 11.1 Å². The summed E-state index contributed by atoms with van der Waals surface area (Å²) in [4.78, 5) is 52.8. The van der Waals surface area contributed by atoms with E-state index < -0.39 is 22.9 Å². The summed E-state index contributed by atoms with van der Waals surface area (Å²) in [7, 11) is 0. The Labute approximate surface area is 217 Å². The maximum absolute atomic E-state index is 13.9. The van der Waals surface area contributed by atoms with E-state index in [2.05, 4.69) is 17.2 Å². The van der Waals surface area contributed by atoms with Gasteiger partial charge >= 0.3 is 6.09 Å². The Morgan fingerprint density at radius 1 is 1.16 bits per heavy atom. The molecule has 1 aliphatic heterocycles. The van der Waals surface area contributed by atoms with Crippen molar-refractivity contribution in [1.82, 2.24) is 14.8 Å². The topological polar surface area (TPSA) is 110 Å². The molecule has 2 aromatic rings. The molecule has 1 atom stereocenters. The van der Waals surface area contributed by atoms with Crippen molar-refractivity contribution in [2.24, 2.45) is 0 Å². The first-order chi connectivity index (χ1) is 17.5. The molecular weight excluding hydrogens is 472 g/mol. The maximum atomic E-state index is 13.9. The molecule has 2 N–H and O–H groups in total. The third kappa shape index (κ3) is 6.67. The maximum Gasteiger partial charge on any atom is 0.412 e. The first-order valence-corrected chi connectivity index (χ1v) is 12.4. The van der Waals surface area contributed by atoms with Gasteiger partial charge in [-0.15, -0.1) is 0 Å². The zero-order chi connectivity index (χ0) is 27.2. The zero-order valence-corrected chi connectivity index (χ0v) is 22.0. The Morgan fingerprint density at radius 2 is 1.86 bits per heavy atom. The molecule has 1 saturated heterocycles. The molecule has 0 radical (unpaired) electrons. The Hall–Kier alpha value is -3.88. The molecule has 1 fully saturated rings. The molecule has 198 valence electrons. The number of carbonyl (C=O) groups is 3. The van der Waals surface area contributed by atoms with Crippen molar-refractivity contribution < 1.29 is 19.1 Å². The van der Waals surface area contributed by atoms with E-state index in [0.29, 0.717) is 24.9 Å². The van der Waals surface area contributed by atoms with Crippen molar-refractivity contribution in [3.63, 3.8) is 0 Å². The lowest BCUT2D eigenvalue weighted by atomic mass is 9.90. The number of rotatable bonds is 8. The van der Waals surface area contributed by atoms with E-state index in [4.69, 9.17) is 4.74 Å². The third-order valence-electron chi connectivity index (χ3n) is 6.26. The fourth-order valence-corrected chi connectivity index (χ4v) is 4.64. The van der Waals surface area contributed by atoms with E-state index in [9.17, 15) is 19.2 Å². The van der Waals surface area contributed by atoms with Gasteiger partial charge in [0.25, 0.3) is 5.56 Å². The number of pyridine rings is 1. The highest BCUT2D eigenvalue weighted by Crippen LogP contribution is 2.36. The Morgan fingerprint density at radius 3 is 2.51 bits per heavy atom. The van der Waals surface area contributed by atoms with Gasteiger partial charge in [-0.3, -0.25) is 23.9 Å². The molecule has 1 aliphatic rings. The monoisotopic (exact) mass is 508 g/mol. The number of aromatic nitrogens is 1. The van der Waals surface area contributed by atoms with Crippen molar-refractivity contribution in [3.05, 3.63) is 76.2 Å². The molecule has 0 saturated carbocycles. The fraction of sp³-hybridized carbons (Fsp3) is 0.429. The number of benzene rings is 1. The number of nitrogens with zero attached hydrogens (tertiary/aromatic N) is 2. The van der Waals surface area contributed by atoms with E-state index >= 15 is 0 Å². The molecular formula is C28H36N4O5. The fourth-order valence-electron chi connectivity index (χ4n) is 4.64. The minimum Gasteiger partial charge on any atom is -0.444 e. The highest BCUT2D eigenvalue weighted by atomic mass is 16.6. The van der Waals surface area contributed by atoms with E-state index in [1.807, 2.05) is 30.3 Å². The van der Waals surface area contributed by atoms with E-state index in [-0.39, 0.29) is 37.5 Å². The predicted octanol–water partition coefficient (Wildman–Crippen LogP) is 3.71.